The minimum atomic E-state index is -0.356. The summed E-state index contributed by atoms with van der Waals surface area (Å²) in [6.07, 6.45) is 4.13. The van der Waals surface area contributed by atoms with Gasteiger partial charge in [-0.1, -0.05) is 6.92 Å². The highest BCUT2D eigenvalue weighted by Gasteiger charge is 2.51. The molecule has 3 heterocycles. The number of amides is 2. The molecule has 0 aliphatic carbocycles. The van der Waals surface area contributed by atoms with Crippen molar-refractivity contribution in [2.45, 2.75) is 26.2 Å². The first kappa shape index (κ1) is 15.8. The predicted octanol–water partition coefficient (Wildman–Crippen LogP) is 1.56. The fraction of sp³-hybridized carbons (Fsp3) is 0.588. The summed E-state index contributed by atoms with van der Waals surface area (Å²) < 4.78 is 5.01. The summed E-state index contributed by atoms with van der Waals surface area (Å²) in [5.41, 5.74) is 0.184. The second-order valence-corrected chi connectivity index (χ2v) is 6.39. The fourth-order valence-electron chi connectivity index (χ4n) is 3.61. The van der Waals surface area contributed by atoms with Gasteiger partial charge in [0.1, 0.15) is 0 Å². The zero-order valence-corrected chi connectivity index (χ0v) is 13.7. The van der Waals surface area contributed by atoms with E-state index in [1.54, 1.807) is 24.1 Å². The normalized spacial score (nSPS) is 23.8. The van der Waals surface area contributed by atoms with Crippen molar-refractivity contribution in [3.05, 3.63) is 23.9 Å². The number of hydrogen-bond acceptors (Lipinski definition) is 4. The van der Waals surface area contributed by atoms with Crippen molar-refractivity contribution in [1.82, 2.24) is 14.8 Å². The summed E-state index contributed by atoms with van der Waals surface area (Å²) in [7, 11) is 1.54. The standard InChI is InChI=1S/C17H23N3O3/c1-3-8-19-9-6-17(16(19)22)7-10-20(12-17)15(21)13-4-5-14(23-2)18-11-13/h4-5,11H,3,6-10,12H2,1-2H3. The van der Waals surface area contributed by atoms with Gasteiger partial charge in [0.15, 0.2) is 0 Å². The van der Waals surface area contributed by atoms with Gasteiger partial charge in [0, 0.05) is 38.4 Å². The van der Waals surface area contributed by atoms with Crippen LogP contribution in [0.4, 0.5) is 0 Å². The van der Waals surface area contributed by atoms with E-state index in [-0.39, 0.29) is 17.2 Å². The number of hydrogen-bond donors (Lipinski definition) is 0. The Bertz CT molecular complexity index is 602. The molecule has 2 amide bonds. The summed E-state index contributed by atoms with van der Waals surface area (Å²) in [5, 5.41) is 0. The average molecular weight is 317 g/mol. The molecule has 124 valence electrons. The molecule has 1 aromatic heterocycles. The number of nitrogens with zero attached hydrogens (tertiary/aromatic N) is 3. The molecule has 3 rings (SSSR count). The van der Waals surface area contributed by atoms with Crippen LogP contribution in [0, 0.1) is 5.41 Å². The first-order valence-corrected chi connectivity index (χ1v) is 8.18. The molecule has 2 saturated heterocycles. The van der Waals surface area contributed by atoms with Gasteiger partial charge in [-0.05, 0) is 25.3 Å². The Kier molecular flexibility index (Phi) is 4.24. The van der Waals surface area contributed by atoms with Crippen LogP contribution in [-0.2, 0) is 4.79 Å². The van der Waals surface area contributed by atoms with E-state index in [4.69, 9.17) is 4.74 Å². The summed E-state index contributed by atoms with van der Waals surface area (Å²) in [6, 6.07) is 3.40. The Morgan fingerprint density at radius 1 is 1.35 bits per heavy atom. The van der Waals surface area contributed by atoms with E-state index in [9.17, 15) is 9.59 Å². The van der Waals surface area contributed by atoms with Gasteiger partial charge in [-0.25, -0.2) is 4.98 Å². The number of methoxy groups -OCH3 is 1. The van der Waals surface area contributed by atoms with Crippen LogP contribution in [0.3, 0.4) is 0 Å². The lowest BCUT2D eigenvalue weighted by Crippen LogP contribution is -2.38. The van der Waals surface area contributed by atoms with Crippen LogP contribution >= 0.6 is 0 Å². The molecular formula is C17H23N3O3. The molecule has 2 aliphatic rings. The van der Waals surface area contributed by atoms with Crippen LogP contribution in [-0.4, -0.2) is 59.9 Å². The number of likely N-dealkylation sites (tertiary alicyclic amines) is 2. The molecular weight excluding hydrogens is 294 g/mol. The summed E-state index contributed by atoms with van der Waals surface area (Å²) in [6.45, 7) is 4.88. The number of aromatic nitrogens is 1. The molecule has 1 aromatic rings. The second kappa shape index (κ2) is 6.18. The molecule has 6 nitrogen and oxygen atoms in total. The second-order valence-electron chi connectivity index (χ2n) is 6.39. The third-order valence-electron chi connectivity index (χ3n) is 4.93. The van der Waals surface area contributed by atoms with E-state index >= 15 is 0 Å². The molecule has 2 aliphatic heterocycles. The van der Waals surface area contributed by atoms with Gasteiger partial charge >= 0.3 is 0 Å². The number of ether oxygens (including phenoxy) is 1. The third-order valence-corrected chi connectivity index (χ3v) is 4.93. The molecule has 1 unspecified atom stereocenters. The lowest BCUT2D eigenvalue weighted by Gasteiger charge is -2.23. The maximum absolute atomic E-state index is 12.7. The lowest BCUT2D eigenvalue weighted by molar-refractivity contribution is -0.135. The lowest BCUT2D eigenvalue weighted by atomic mass is 9.85. The predicted molar refractivity (Wildman–Crippen MR) is 85.2 cm³/mol. The van der Waals surface area contributed by atoms with Crippen molar-refractivity contribution in [3.63, 3.8) is 0 Å². The Hall–Kier alpha value is -2.11. The topological polar surface area (TPSA) is 62.7 Å². The first-order chi connectivity index (χ1) is 11.1. The van der Waals surface area contributed by atoms with E-state index in [1.165, 1.54) is 6.20 Å². The maximum atomic E-state index is 12.7. The van der Waals surface area contributed by atoms with Crippen LogP contribution in [0.5, 0.6) is 5.88 Å². The molecule has 0 aromatic carbocycles. The van der Waals surface area contributed by atoms with Gasteiger partial charge in [0.05, 0.1) is 18.1 Å². The van der Waals surface area contributed by atoms with Crippen molar-refractivity contribution in [2.24, 2.45) is 5.41 Å². The molecule has 0 N–H and O–H groups in total. The minimum Gasteiger partial charge on any atom is -0.481 e. The van der Waals surface area contributed by atoms with E-state index in [0.717, 1.165) is 32.4 Å². The van der Waals surface area contributed by atoms with Gasteiger partial charge in [-0.15, -0.1) is 0 Å². The molecule has 6 heteroatoms. The third kappa shape index (κ3) is 2.78. The molecule has 23 heavy (non-hydrogen) atoms. The van der Waals surface area contributed by atoms with Gasteiger partial charge in [-0.3, -0.25) is 9.59 Å². The number of rotatable bonds is 4. The van der Waals surface area contributed by atoms with Crippen molar-refractivity contribution < 1.29 is 14.3 Å². The Balaban J connectivity index is 1.69. The SMILES string of the molecule is CCCN1CCC2(CCN(C(=O)c3ccc(OC)nc3)C2)C1=O. The van der Waals surface area contributed by atoms with Crippen LogP contribution in [0.2, 0.25) is 0 Å². The molecule has 0 saturated carbocycles. The smallest absolute Gasteiger partial charge is 0.255 e. The van der Waals surface area contributed by atoms with E-state index in [1.807, 2.05) is 4.90 Å². The number of carbonyl (C=O) groups is 2. The van der Waals surface area contributed by atoms with Gasteiger partial charge in [0.25, 0.3) is 5.91 Å². The highest BCUT2D eigenvalue weighted by molar-refractivity contribution is 5.95. The van der Waals surface area contributed by atoms with Gasteiger partial charge in [-0.2, -0.15) is 0 Å². The van der Waals surface area contributed by atoms with Crippen molar-refractivity contribution in [1.29, 1.82) is 0 Å². The van der Waals surface area contributed by atoms with Crippen LogP contribution in [0.25, 0.3) is 0 Å². The zero-order valence-electron chi connectivity index (χ0n) is 13.7. The molecule has 1 atom stereocenters. The highest BCUT2D eigenvalue weighted by Crippen LogP contribution is 2.41. The molecule has 0 radical (unpaired) electrons. The Labute approximate surface area is 136 Å². The monoisotopic (exact) mass is 317 g/mol. The maximum Gasteiger partial charge on any atom is 0.255 e. The summed E-state index contributed by atoms with van der Waals surface area (Å²) in [5.74, 6) is 0.655. The average Bonchev–Trinajstić information content (AvgIpc) is 3.15. The highest BCUT2D eigenvalue weighted by atomic mass is 16.5. The van der Waals surface area contributed by atoms with Gasteiger partial charge < -0.3 is 14.5 Å². The molecule has 1 spiro atoms. The summed E-state index contributed by atoms with van der Waals surface area (Å²) >= 11 is 0. The summed E-state index contributed by atoms with van der Waals surface area (Å²) in [4.78, 5) is 33.1. The Morgan fingerprint density at radius 3 is 2.78 bits per heavy atom. The van der Waals surface area contributed by atoms with Gasteiger partial charge in [0.2, 0.25) is 11.8 Å². The number of carbonyl (C=O) groups excluding carboxylic acids is 2. The van der Waals surface area contributed by atoms with Crippen molar-refractivity contribution in [3.8, 4) is 5.88 Å². The van der Waals surface area contributed by atoms with Crippen molar-refractivity contribution >= 4 is 11.8 Å². The van der Waals surface area contributed by atoms with E-state index in [0.29, 0.717) is 24.5 Å². The first-order valence-electron chi connectivity index (χ1n) is 8.18. The molecule has 2 fully saturated rings. The van der Waals surface area contributed by atoms with E-state index < -0.39 is 0 Å². The number of pyridine rings is 1. The van der Waals surface area contributed by atoms with Crippen LogP contribution in [0.1, 0.15) is 36.5 Å². The Morgan fingerprint density at radius 2 is 2.13 bits per heavy atom. The van der Waals surface area contributed by atoms with E-state index in [2.05, 4.69) is 11.9 Å². The minimum absolute atomic E-state index is 0.0567. The molecule has 0 bridgehead atoms. The largest absolute Gasteiger partial charge is 0.481 e. The zero-order chi connectivity index (χ0) is 16.4. The van der Waals surface area contributed by atoms with Crippen LogP contribution in [0.15, 0.2) is 18.3 Å². The quantitative estimate of drug-likeness (QED) is 0.845. The van der Waals surface area contributed by atoms with Crippen molar-refractivity contribution in [2.75, 3.05) is 33.3 Å². The fourth-order valence-corrected chi connectivity index (χ4v) is 3.61. The van der Waals surface area contributed by atoms with Crippen LogP contribution < -0.4 is 4.74 Å².